The van der Waals surface area contributed by atoms with E-state index in [1.165, 1.54) is 16.2 Å². The SMILES string of the molecule is CSCCSc1cccc(N)c1C. The summed E-state index contributed by atoms with van der Waals surface area (Å²) >= 11 is 3.76. The van der Waals surface area contributed by atoms with Crippen molar-refractivity contribution in [2.75, 3.05) is 23.5 Å². The van der Waals surface area contributed by atoms with Crippen LogP contribution in [0.5, 0.6) is 0 Å². The molecule has 0 bridgehead atoms. The topological polar surface area (TPSA) is 26.0 Å². The van der Waals surface area contributed by atoms with Gasteiger partial charge in [0.05, 0.1) is 0 Å². The van der Waals surface area contributed by atoms with Crippen LogP contribution in [0, 0.1) is 6.92 Å². The zero-order valence-corrected chi connectivity index (χ0v) is 9.67. The Kier molecular flexibility index (Phi) is 4.53. The van der Waals surface area contributed by atoms with E-state index >= 15 is 0 Å². The number of benzene rings is 1. The highest BCUT2D eigenvalue weighted by Crippen LogP contribution is 2.26. The average Bonchev–Trinajstić information content (AvgIpc) is 2.13. The maximum Gasteiger partial charge on any atom is 0.0354 e. The van der Waals surface area contributed by atoms with Gasteiger partial charge in [0.2, 0.25) is 0 Å². The number of hydrogen-bond donors (Lipinski definition) is 1. The van der Waals surface area contributed by atoms with Gasteiger partial charge in [0, 0.05) is 22.1 Å². The van der Waals surface area contributed by atoms with E-state index in [0.29, 0.717) is 0 Å². The van der Waals surface area contributed by atoms with Crippen LogP contribution in [0.3, 0.4) is 0 Å². The second-order valence-electron chi connectivity index (χ2n) is 2.81. The molecule has 0 fully saturated rings. The molecular formula is C10H15NS2. The molecule has 2 N–H and O–H groups in total. The Balaban J connectivity index is 2.61. The van der Waals surface area contributed by atoms with Gasteiger partial charge in [-0.15, -0.1) is 11.8 Å². The Bertz CT molecular complexity index is 274. The summed E-state index contributed by atoms with van der Waals surface area (Å²) in [5.41, 5.74) is 7.92. The molecule has 72 valence electrons. The summed E-state index contributed by atoms with van der Waals surface area (Å²) in [5, 5.41) is 0. The number of rotatable bonds is 4. The maximum atomic E-state index is 5.81. The van der Waals surface area contributed by atoms with Gasteiger partial charge in [-0.2, -0.15) is 11.8 Å². The monoisotopic (exact) mass is 213 g/mol. The van der Waals surface area contributed by atoms with Crippen LogP contribution >= 0.6 is 23.5 Å². The van der Waals surface area contributed by atoms with Gasteiger partial charge in [-0.05, 0) is 30.9 Å². The van der Waals surface area contributed by atoms with Crippen LogP contribution in [0.2, 0.25) is 0 Å². The smallest absolute Gasteiger partial charge is 0.0354 e. The van der Waals surface area contributed by atoms with E-state index in [-0.39, 0.29) is 0 Å². The average molecular weight is 213 g/mol. The van der Waals surface area contributed by atoms with Gasteiger partial charge >= 0.3 is 0 Å². The summed E-state index contributed by atoms with van der Waals surface area (Å²) in [6.45, 7) is 2.08. The minimum absolute atomic E-state index is 0.897. The fourth-order valence-electron chi connectivity index (χ4n) is 1.02. The van der Waals surface area contributed by atoms with Gasteiger partial charge in [-0.1, -0.05) is 6.07 Å². The predicted octanol–water partition coefficient (Wildman–Crippen LogP) is 3.03. The molecule has 0 aliphatic rings. The lowest BCUT2D eigenvalue weighted by molar-refractivity contribution is 1.30. The molecular weight excluding hydrogens is 198 g/mol. The Hall–Kier alpha value is -0.280. The summed E-state index contributed by atoms with van der Waals surface area (Å²) in [5.74, 6) is 2.35. The number of nitrogen functional groups attached to an aromatic ring is 1. The first-order valence-corrected chi connectivity index (χ1v) is 6.60. The summed E-state index contributed by atoms with van der Waals surface area (Å²) in [6, 6.07) is 6.11. The van der Waals surface area contributed by atoms with E-state index in [4.69, 9.17) is 5.73 Å². The van der Waals surface area contributed by atoms with Crippen molar-refractivity contribution in [3.05, 3.63) is 23.8 Å². The van der Waals surface area contributed by atoms with E-state index < -0.39 is 0 Å². The third-order valence-electron chi connectivity index (χ3n) is 1.87. The van der Waals surface area contributed by atoms with Crippen molar-refractivity contribution in [3.63, 3.8) is 0 Å². The minimum atomic E-state index is 0.897. The van der Waals surface area contributed by atoms with Gasteiger partial charge in [0.25, 0.3) is 0 Å². The standard InChI is InChI=1S/C10H15NS2/c1-8-9(11)4-3-5-10(8)13-7-6-12-2/h3-5H,6-7,11H2,1-2H3. The molecule has 0 saturated carbocycles. The van der Waals surface area contributed by atoms with E-state index in [9.17, 15) is 0 Å². The van der Waals surface area contributed by atoms with E-state index in [0.717, 1.165) is 11.4 Å². The zero-order chi connectivity index (χ0) is 9.68. The van der Waals surface area contributed by atoms with Crippen LogP contribution in [0.1, 0.15) is 5.56 Å². The van der Waals surface area contributed by atoms with Gasteiger partial charge in [0.15, 0.2) is 0 Å². The number of nitrogens with two attached hydrogens (primary N) is 1. The summed E-state index contributed by atoms with van der Waals surface area (Å²) in [4.78, 5) is 1.31. The highest BCUT2D eigenvalue weighted by Gasteiger charge is 2.00. The molecule has 0 atom stereocenters. The fourth-order valence-corrected chi connectivity index (χ4v) is 2.75. The molecule has 0 amide bonds. The highest BCUT2D eigenvalue weighted by atomic mass is 32.2. The van der Waals surface area contributed by atoms with Gasteiger partial charge in [0.1, 0.15) is 0 Å². The molecule has 0 spiro atoms. The molecule has 0 aromatic heterocycles. The van der Waals surface area contributed by atoms with Crippen molar-refractivity contribution in [2.45, 2.75) is 11.8 Å². The number of hydrogen-bond acceptors (Lipinski definition) is 3. The Morgan fingerprint density at radius 1 is 1.31 bits per heavy atom. The molecule has 0 aliphatic carbocycles. The fraction of sp³-hybridized carbons (Fsp3) is 0.400. The number of anilines is 1. The molecule has 1 rings (SSSR count). The van der Waals surface area contributed by atoms with Gasteiger partial charge in [-0.25, -0.2) is 0 Å². The second kappa shape index (κ2) is 5.45. The quantitative estimate of drug-likeness (QED) is 0.473. The van der Waals surface area contributed by atoms with Crippen molar-refractivity contribution >= 4 is 29.2 Å². The van der Waals surface area contributed by atoms with Crippen molar-refractivity contribution in [1.29, 1.82) is 0 Å². The largest absolute Gasteiger partial charge is 0.398 e. The molecule has 0 aliphatic heterocycles. The number of thioether (sulfide) groups is 2. The van der Waals surface area contributed by atoms with Crippen molar-refractivity contribution in [1.82, 2.24) is 0 Å². The minimum Gasteiger partial charge on any atom is -0.398 e. The third kappa shape index (κ3) is 3.16. The first-order valence-electron chi connectivity index (χ1n) is 4.22. The molecule has 0 unspecified atom stereocenters. The Morgan fingerprint density at radius 3 is 2.77 bits per heavy atom. The van der Waals surface area contributed by atoms with Crippen LogP contribution in [-0.4, -0.2) is 17.8 Å². The molecule has 0 radical (unpaired) electrons. The van der Waals surface area contributed by atoms with E-state index in [1.807, 2.05) is 35.7 Å². The normalized spacial score (nSPS) is 10.3. The third-order valence-corrected chi connectivity index (χ3v) is 3.90. The molecule has 3 heteroatoms. The van der Waals surface area contributed by atoms with Crippen molar-refractivity contribution in [3.8, 4) is 0 Å². The van der Waals surface area contributed by atoms with Gasteiger partial charge in [-0.3, -0.25) is 0 Å². The van der Waals surface area contributed by atoms with Crippen LogP contribution in [0.25, 0.3) is 0 Å². The second-order valence-corrected chi connectivity index (χ2v) is 4.93. The first-order chi connectivity index (χ1) is 6.25. The van der Waals surface area contributed by atoms with Crippen LogP contribution in [-0.2, 0) is 0 Å². The molecule has 13 heavy (non-hydrogen) atoms. The first kappa shape index (κ1) is 10.8. The van der Waals surface area contributed by atoms with Crippen LogP contribution in [0.4, 0.5) is 5.69 Å². The predicted molar refractivity (Wildman–Crippen MR) is 64.7 cm³/mol. The van der Waals surface area contributed by atoms with Crippen LogP contribution < -0.4 is 5.73 Å². The Morgan fingerprint density at radius 2 is 2.08 bits per heavy atom. The summed E-state index contributed by atoms with van der Waals surface area (Å²) < 4.78 is 0. The van der Waals surface area contributed by atoms with Gasteiger partial charge < -0.3 is 5.73 Å². The summed E-state index contributed by atoms with van der Waals surface area (Å²) in [7, 11) is 0. The molecule has 1 aromatic rings. The van der Waals surface area contributed by atoms with Crippen molar-refractivity contribution < 1.29 is 0 Å². The lowest BCUT2D eigenvalue weighted by Gasteiger charge is -2.06. The van der Waals surface area contributed by atoms with Crippen LogP contribution in [0.15, 0.2) is 23.1 Å². The molecule has 1 aromatic carbocycles. The summed E-state index contributed by atoms with van der Waals surface area (Å²) in [6.07, 6.45) is 2.13. The maximum absolute atomic E-state index is 5.81. The lowest BCUT2D eigenvalue weighted by Crippen LogP contribution is -1.91. The molecule has 0 heterocycles. The Labute approximate surface area is 88.5 Å². The van der Waals surface area contributed by atoms with E-state index in [1.54, 1.807) is 0 Å². The lowest BCUT2D eigenvalue weighted by atomic mass is 10.2. The highest BCUT2D eigenvalue weighted by molar-refractivity contribution is 8.02. The molecule has 0 saturated heterocycles. The zero-order valence-electron chi connectivity index (χ0n) is 8.04. The molecule has 1 nitrogen and oxygen atoms in total. The van der Waals surface area contributed by atoms with E-state index in [2.05, 4.69) is 19.2 Å². The van der Waals surface area contributed by atoms with Crippen molar-refractivity contribution in [2.24, 2.45) is 0 Å².